The molecule has 6 nitrogen and oxygen atoms in total. The summed E-state index contributed by atoms with van der Waals surface area (Å²) < 4.78 is 5.83. The lowest BCUT2D eigenvalue weighted by molar-refractivity contribution is -0.114. The average molecular weight is 458 g/mol. The average Bonchev–Trinajstić information content (AvgIpc) is 2.87. The van der Waals surface area contributed by atoms with Gasteiger partial charge in [0.2, 0.25) is 5.91 Å². The van der Waals surface area contributed by atoms with Crippen LogP contribution in [0.3, 0.4) is 0 Å². The minimum Gasteiger partial charge on any atom is -0.489 e. The van der Waals surface area contributed by atoms with Crippen LogP contribution in [-0.4, -0.2) is 36.3 Å². The third kappa shape index (κ3) is 6.61. The first-order valence-electron chi connectivity index (χ1n) is 11.8. The van der Waals surface area contributed by atoms with Gasteiger partial charge in [0.15, 0.2) is 0 Å². The van der Waals surface area contributed by atoms with E-state index in [1.54, 1.807) is 0 Å². The summed E-state index contributed by atoms with van der Waals surface area (Å²) in [7, 11) is 0. The highest BCUT2D eigenvalue weighted by molar-refractivity contribution is 5.95. The Morgan fingerprint density at radius 1 is 0.912 bits per heavy atom. The van der Waals surface area contributed by atoms with Crippen molar-refractivity contribution in [2.24, 2.45) is 5.92 Å². The van der Waals surface area contributed by atoms with Crippen molar-refractivity contribution >= 4 is 23.2 Å². The van der Waals surface area contributed by atoms with Crippen molar-refractivity contribution in [3.8, 4) is 5.75 Å². The molecule has 34 heavy (non-hydrogen) atoms. The summed E-state index contributed by atoms with van der Waals surface area (Å²) in [6.07, 6.45) is 2.12. The van der Waals surface area contributed by atoms with Crippen molar-refractivity contribution < 1.29 is 14.3 Å². The Balaban J connectivity index is 1.24. The molecule has 1 fully saturated rings. The van der Waals surface area contributed by atoms with Crippen LogP contribution in [0.4, 0.5) is 11.4 Å². The Morgan fingerprint density at radius 2 is 1.65 bits per heavy atom. The fourth-order valence-electron chi connectivity index (χ4n) is 3.92. The third-order valence-corrected chi connectivity index (χ3v) is 6.02. The maximum atomic E-state index is 12.7. The van der Waals surface area contributed by atoms with Crippen molar-refractivity contribution in [3.05, 3.63) is 90.0 Å². The topological polar surface area (TPSA) is 70.7 Å². The quantitative estimate of drug-likeness (QED) is 0.488. The zero-order valence-corrected chi connectivity index (χ0v) is 19.5. The molecule has 0 saturated carbocycles. The van der Waals surface area contributed by atoms with Gasteiger partial charge in [0.25, 0.3) is 5.91 Å². The number of rotatable bonds is 8. The second-order valence-corrected chi connectivity index (χ2v) is 8.76. The van der Waals surface area contributed by atoms with Crippen molar-refractivity contribution in [3.63, 3.8) is 0 Å². The van der Waals surface area contributed by atoms with Gasteiger partial charge in [0.1, 0.15) is 12.4 Å². The highest BCUT2D eigenvalue weighted by Crippen LogP contribution is 2.20. The number of piperidine rings is 1. The van der Waals surface area contributed by atoms with Crippen LogP contribution in [0, 0.1) is 5.92 Å². The van der Waals surface area contributed by atoms with E-state index in [0.717, 1.165) is 37.2 Å². The summed E-state index contributed by atoms with van der Waals surface area (Å²) in [6, 6.07) is 24.6. The number of carbonyl (C=O) groups excluding carboxylic acids is 2. The van der Waals surface area contributed by atoms with Crippen LogP contribution in [0.2, 0.25) is 0 Å². The van der Waals surface area contributed by atoms with Gasteiger partial charge in [-0.3, -0.25) is 9.59 Å². The van der Waals surface area contributed by atoms with E-state index >= 15 is 0 Å². The number of ether oxygens (including phenoxy) is 1. The largest absolute Gasteiger partial charge is 0.489 e. The van der Waals surface area contributed by atoms with E-state index in [2.05, 4.69) is 17.6 Å². The van der Waals surface area contributed by atoms with Gasteiger partial charge in [0, 0.05) is 36.1 Å². The van der Waals surface area contributed by atoms with Gasteiger partial charge in [-0.2, -0.15) is 0 Å². The van der Waals surface area contributed by atoms with Crippen LogP contribution in [0.5, 0.6) is 5.75 Å². The SMILES string of the molecule is CC1CCN(C(=O)c2ccc(NCC(=O)Nc3cccc(OCc4ccccc4)c3)cc2)CC1. The predicted octanol–water partition coefficient (Wildman–Crippen LogP) is 5.19. The number of amides is 2. The molecule has 2 amide bonds. The molecular weight excluding hydrogens is 426 g/mol. The summed E-state index contributed by atoms with van der Waals surface area (Å²) >= 11 is 0. The Labute approximate surface area is 200 Å². The number of carbonyl (C=O) groups is 2. The maximum Gasteiger partial charge on any atom is 0.253 e. The Bertz CT molecular complexity index is 1090. The summed E-state index contributed by atoms with van der Waals surface area (Å²) in [5.74, 6) is 1.29. The van der Waals surface area contributed by atoms with Crippen molar-refractivity contribution in [1.82, 2.24) is 4.90 Å². The normalized spacial score (nSPS) is 13.9. The van der Waals surface area contributed by atoms with Gasteiger partial charge >= 0.3 is 0 Å². The predicted molar refractivity (Wildman–Crippen MR) is 135 cm³/mol. The van der Waals surface area contributed by atoms with Gasteiger partial charge in [0.05, 0.1) is 6.54 Å². The lowest BCUT2D eigenvalue weighted by Crippen LogP contribution is -2.37. The highest BCUT2D eigenvalue weighted by Gasteiger charge is 2.21. The molecule has 0 aromatic heterocycles. The first kappa shape index (κ1) is 23.4. The van der Waals surface area contributed by atoms with Crippen LogP contribution >= 0.6 is 0 Å². The number of hydrogen-bond acceptors (Lipinski definition) is 4. The lowest BCUT2D eigenvalue weighted by atomic mass is 9.98. The van der Waals surface area contributed by atoms with E-state index in [-0.39, 0.29) is 18.4 Å². The van der Waals surface area contributed by atoms with E-state index in [1.165, 1.54) is 0 Å². The number of nitrogens with zero attached hydrogens (tertiary/aromatic N) is 1. The Kier molecular flexibility index (Phi) is 7.81. The van der Waals surface area contributed by atoms with E-state index in [0.29, 0.717) is 29.5 Å². The second kappa shape index (κ2) is 11.4. The molecule has 0 radical (unpaired) electrons. The molecule has 3 aromatic rings. The molecule has 1 saturated heterocycles. The summed E-state index contributed by atoms with van der Waals surface area (Å²) in [6.45, 7) is 4.45. The van der Waals surface area contributed by atoms with E-state index in [9.17, 15) is 9.59 Å². The van der Waals surface area contributed by atoms with Crippen molar-refractivity contribution in [2.75, 3.05) is 30.3 Å². The van der Waals surface area contributed by atoms with Gasteiger partial charge in [-0.15, -0.1) is 0 Å². The third-order valence-electron chi connectivity index (χ3n) is 6.02. The number of benzene rings is 3. The summed E-state index contributed by atoms with van der Waals surface area (Å²) in [5.41, 5.74) is 3.23. The smallest absolute Gasteiger partial charge is 0.253 e. The van der Waals surface area contributed by atoms with Crippen LogP contribution in [0.25, 0.3) is 0 Å². The Hall–Kier alpha value is -3.80. The van der Waals surface area contributed by atoms with E-state index in [1.807, 2.05) is 83.8 Å². The summed E-state index contributed by atoms with van der Waals surface area (Å²) in [4.78, 5) is 27.0. The molecule has 3 aromatic carbocycles. The Morgan fingerprint density at radius 3 is 2.38 bits per heavy atom. The number of nitrogens with one attached hydrogen (secondary N) is 2. The molecule has 2 N–H and O–H groups in total. The lowest BCUT2D eigenvalue weighted by Gasteiger charge is -2.30. The molecule has 6 heteroatoms. The molecule has 0 atom stereocenters. The van der Waals surface area contributed by atoms with Crippen molar-refractivity contribution in [2.45, 2.75) is 26.4 Å². The van der Waals surface area contributed by atoms with Gasteiger partial charge in [-0.25, -0.2) is 0 Å². The minimum absolute atomic E-state index is 0.0746. The van der Waals surface area contributed by atoms with Crippen LogP contribution in [0.1, 0.15) is 35.7 Å². The first-order valence-corrected chi connectivity index (χ1v) is 11.8. The monoisotopic (exact) mass is 457 g/mol. The van der Waals surface area contributed by atoms with E-state index < -0.39 is 0 Å². The highest BCUT2D eigenvalue weighted by atomic mass is 16.5. The molecule has 1 aliphatic heterocycles. The van der Waals surface area contributed by atoms with Gasteiger partial charge in [-0.05, 0) is 60.7 Å². The molecule has 4 rings (SSSR count). The molecule has 0 spiro atoms. The second-order valence-electron chi connectivity index (χ2n) is 8.76. The number of hydrogen-bond donors (Lipinski definition) is 2. The van der Waals surface area contributed by atoms with Crippen LogP contribution < -0.4 is 15.4 Å². The minimum atomic E-state index is -0.164. The van der Waals surface area contributed by atoms with Gasteiger partial charge < -0.3 is 20.3 Å². The molecule has 1 aliphatic rings. The zero-order chi connectivity index (χ0) is 23.8. The fourth-order valence-corrected chi connectivity index (χ4v) is 3.92. The molecule has 1 heterocycles. The zero-order valence-electron chi connectivity index (χ0n) is 19.5. The van der Waals surface area contributed by atoms with Crippen LogP contribution in [0.15, 0.2) is 78.9 Å². The molecule has 0 bridgehead atoms. The molecule has 176 valence electrons. The standard InChI is InChI=1S/C28H31N3O3/c1-21-14-16-31(17-15-21)28(33)23-10-12-24(13-11-23)29-19-27(32)30-25-8-5-9-26(18-25)34-20-22-6-3-2-4-7-22/h2-13,18,21,29H,14-17,19-20H2,1H3,(H,30,32). The van der Waals surface area contributed by atoms with Gasteiger partial charge in [-0.1, -0.05) is 43.3 Å². The van der Waals surface area contributed by atoms with E-state index in [4.69, 9.17) is 4.74 Å². The number of likely N-dealkylation sites (tertiary alicyclic amines) is 1. The van der Waals surface area contributed by atoms with Crippen molar-refractivity contribution in [1.29, 1.82) is 0 Å². The fraction of sp³-hybridized carbons (Fsp3) is 0.286. The number of anilines is 2. The summed E-state index contributed by atoms with van der Waals surface area (Å²) in [5, 5.41) is 5.99. The molecule has 0 unspecified atom stereocenters. The first-order chi connectivity index (χ1) is 16.6. The molecular formula is C28H31N3O3. The molecule has 0 aliphatic carbocycles. The van der Waals surface area contributed by atoms with Crippen LogP contribution in [-0.2, 0) is 11.4 Å². The maximum absolute atomic E-state index is 12.7.